The van der Waals surface area contributed by atoms with Gasteiger partial charge in [0, 0.05) is 29.8 Å². The van der Waals surface area contributed by atoms with Gasteiger partial charge in [-0.15, -0.1) is 0 Å². The molecule has 0 saturated heterocycles. The molecule has 0 aromatic heterocycles. The molecule has 0 bridgehead atoms. The first-order valence-corrected chi connectivity index (χ1v) is 7.20. The maximum atomic E-state index is 10.8. The molecule has 2 aromatic carbocycles. The quantitative estimate of drug-likeness (QED) is 0.679. The summed E-state index contributed by atoms with van der Waals surface area (Å²) in [6.45, 7) is 0.934. The number of benzene rings is 2. The number of nitro benzene ring substituents is 1. The van der Waals surface area contributed by atoms with E-state index in [-0.39, 0.29) is 12.5 Å². The zero-order valence-corrected chi connectivity index (χ0v) is 12.1. The zero-order valence-electron chi connectivity index (χ0n) is 12.1. The normalized spacial score (nSPS) is 15.2. The molecular weight excluding hydrogens is 298 g/mol. The number of hydrazone groups is 1. The van der Waals surface area contributed by atoms with Crippen molar-refractivity contribution in [3.05, 3.63) is 63.2 Å². The molecule has 0 unspecified atom stereocenters. The molecular formula is C16H13N3O4. The molecule has 1 N–H and O–H groups in total. The molecule has 7 heteroatoms. The topological polar surface area (TPSA) is 86.0 Å². The van der Waals surface area contributed by atoms with E-state index in [2.05, 4.69) is 10.5 Å². The number of hydrogen-bond acceptors (Lipinski definition) is 6. The van der Waals surface area contributed by atoms with Crippen molar-refractivity contribution < 1.29 is 14.4 Å². The van der Waals surface area contributed by atoms with Crippen molar-refractivity contribution in [3.63, 3.8) is 0 Å². The van der Waals surface area contributed by atoms with Crippen LogP contribution < -0.4 is 14.9 Å². The molecule has 0 atom stereocenters. The van der Waals surface area contributed by atoms with E-state index >= 15 is 0 Å². The van der Waals surface area contributed by atoms with Gasteiger partial charge in [0.1, 0.15) is 0 Å². The lowest BCUT2D eigenvalue weighted by atomic mass is 9.95. The van der Waals surface area contributed by atoms with E-state index in [1.54, 1.807) is 12.1 Å². The Morgan fingerprint density at radius 1 is 1.13 bits per heavy atom. The van der Waals surface area contributed by atoms with Crippen LogP contribution in [-0.4, -0.2) is 24.0 Å². The largest absolute Gasteiger partial charge is 0.454 e. The van der Waals surface area contributed by atoms with Crippen molar-refractivity contribution in [1.29, 1.82) is 0 Å². The Labute approximate surface area is 131 Å². The molecule has 0 fully saturated rings. The van der Waals surface area contributed by atoms with Gasteiger partial charge in [-0.1, -0.05) is 0 Å². The highest BCUT2D eigenvalue weighted by Crippen LogP contribution is 2.36. The van der Waals surface area contributed by atoms with Gasteiger partial charge in [-0.3, -0.25) is 10.1 Å². The Morgan fingerprint density at radius 3 is 2.61 bits per heavy atom. The van der Waals surface area contributed by atoms with Gasteiger partial charge >= 0.3 is 0 Å². The predicted octanol–water partition coefficient (Wildman–Crippen LogP) is 2.22. The van der Waals surface area contributed by atoms with Crippen molar-refractivity contribution in [1.82, 2.24) is 5.43 Å². The fourth-order valence-corrected chi connectivity index (χ4v) is 2.76. The van der Waals surface area contributed by atoms with Gasteiger partial charge in [0.25, 0.3) is 5.69 Å². The van der Waals surface area contributed by atoms with E-state index in [9.17, 15) is 10.1 Å². The summed E-state index contributed by atoms with van der Waals surface area (Å²) < 4.78 is 10.9. The third kappa shape index (κ3) is 2.36. The second-order valence-corrected chi connectivity index (χ2v) is 5.29. The Balaban J connectivity index is 1.80. The molecule has 116 valence electrons. The first-order valence-electron chi connectivity index (χ1n) is 7.20. The molecule has 0 aliphatic carbocycles. The van der Waals surface area contributed by atoms with E-state index < -0.39 is 4.92 Å². The van der Waals surface area contributed by atoms with Gasteiger partial charge in [-0.25, -0.2) is 0 Å². The number of rotatable bonds is 2. The zero-order chi connectivity index (χ0) is 15.8. The van der Waals surface area contributed by atoms with Crippen LogP contribution in [0.5, 0.6) is 11.5 Å². The fraction of sp³-hybridized carbons (Fsp3) is 0.188. The summed E-state index contributed by atoms with van der Waals surface area (Å²) in [6, 6.07) is 10.3. The SMILES string of the molecule is O=[N+]([O-])c1ccc(C2=NNCCc3cc4c(cc32)OCO4)cc1. The second kappa shape index (κ2) is 5.28. The van der Waals surface area contributed by atoms with Crippen molar-refractivity contribution in [2.45, 2.75) is 6.42 Å². The highest BCUT2D eigenvalue weighted by molar-refractivity contribution is 6.14. The lowest BCUT2D eigenvalue weighted by Crippen LogP contribution is -2.10. The van der Waals surface area contributed by atoms with Crippen molar-refractivity contribution >= 4 is 11.4 Å². The molecule has 2 aliphatic rings. The third-order valence-electron chi connectivity index (χ3n) is 3.90. The lowest BCUT2D eigenvalue weighted by Gasteiger charge is -2.10. The van der Waals surface area contributed by atoms with Crippen LogP contribution in [0, 0.1) is 10.1 Å². The number of nitro groups is 1. The standard InChI is InChI=1S/C16H13N3O4/c20-19(21)12-3-1-10(2-4-12)16-13-8-15-14(22-9-23-15)7-11(13)5-6-17-18-16/h1-4,7-8,17H,5-6,9H2. The van der Waals surface area contributed by atoms with Crippen LogP contribution in [0.25, 0.3) is 0 Å². The Kier molecular flexibility index (Phi) is 3.11. The van der Waals surface area contributed by atoms with Crippen LogP contribution in [0.15, 0.2) is 41.5 Å². The number of fused-ring (bicyclic) bond motifs is 2. The van der Waals surface area contributed by atoms with Gasteiger partial charge in [0.2, 0.25) is 6.79 Å². The minimum Gasteiger partial charge on any atom is -0.454 e. The van der Waals surface area contributed by atoms with E-state index in [0.29, 0.717) is 12.3 Å². The average Bonchev–Trinajstić information content (AvgIpc) is 2.91. The third-order valence-corrected chi connectivity index (χ3v) is 3.90. The lowest BCUT2D eigenvalue weighted by molar-refractivity contribution is -0.384. The first-order chi connectivity index (χ1) is 11.2. The maximum absolute atomic E-state index is 10.8. The highest BCUT2D eigenvalue weighted by atomic mass is 16.7. The molecule has 2 heterocycles. The maximum Gasteiger partial charge on any atom is 0.269 e. The summed E-state index contributed by atoms with van der Waals surface area (Å²) in [5.74, 6) is 1.44. The van der Waals surface area contributed by atoms with Gasteiger partial charge in [0.05, 0.1) is 10.6 Å². The van der Waals surface area contributed by atoms with Crippen LogP contribution in [0.3, 0.4) is 0 Å². The monoisotopic (exact) mass is 311 g/mol. The van der Waals surface area contributed by atoms with Gasteiger partial charge in [0.15, 0.2) is 11.5 Å². The number of nitrogens with one attached hydrogen (secondary N) is 1. The van der Waals surface area contributed by atoms with Crippen LogP contribution in [0.2, 0.25) is 0 Å². The van der Waals surface area contributed by atoms with Crippen LogP contribution in [0.4, 0.5) is 5.69 Å². The van der Waals surface area contributed by atoms with Crippen LogP contribution >= 0.6 is 0 Å². The number of ether oxygens (including phenoxy) is 2. The number of non-ortho nitro benzene ring substituents is 1. The van der Waals surface area contributed by atoms with E-state index in [4.69, 9.17) is 9.47 Å². The Bertz CT molecular complexity index is 815. The molecule has 4 rings (SSSR count). The van der Waals surface area contributed by atoms with E-state index in [0.717, 1.165) is 34.6 Å². The molecule has 23 heavy (non-hydrogen) atoms. The molecule has 7 nitrogen and oxygen atoms in total. The molecule has 2 aromatic rings. The predicted molar refractivity (Wildman–Crippen MR) is 83.0 cm³/mol. The summed E-state index contributed by atoms with van der Waals surface area (Å²) in [5, 5.41) is 15.2. The smallest absolute Gasteiger partial charge is 0.269 e. The van der Waals surface area contributed by atoms with Crippen molar-refractivity contribution in [2.75, 3.05) is 13.3 Å². The van der Waals surface area contributed by atoms with Crippen LogP contribution in [0.1, 0.15) is 16.7 Å². The minimum absolute atomic E-state index is 0.0573. The van der Waals surface area contributed by atoms with Gasteiger partial charge in [-0.2, -0.15) is 5.10 Å². The second-order valence-electron chi connectivity index (χ2n) is 5.29. The molecule has 2 aliphatic heterocycles. The molecule has 0 spiro atoms. The highest BCUT2D eigenvalue weighted by Gasteiger charge is 2.22. The molecule has 0 radical (unpaired) electrons. The summed E-state index contributed by atoms with van der Waals surface area (Å²) in [6.07, 6.45) is 0.811. The summed E-state index contributed by atoms with van der Waals surface area (Å²) in [4.78, 5) is 10.4. The molecule has 0 amide bonds. The summed E-state index contributed by atoms with van der Waals surface area (Å²) in [5.41, 5.74) is 6.70. The van der Waals surface area contributed by atoms with Crippen molar-refractivity contribution in [3.8, 4) is 11.5 Å². The summed E-state index contributed by atoms with van der Waals surface area (Å²) >= 11 is 0. The van der Waals surface area contributed by atoms with E-state index in [1.165, 1.54) is 12.1 Å². The number of hydrogen-bond donors (Lipinski definition) is 1. The van der Waals surface area contributed by atoms with Crippen LogP contribution in [-0.2, 0) is 6.42 Å². The number of nitrogens with zero attached hydrogens (tertiary/aromatic N) is 2. The van der Waals surface area contributed by atoms with E-state index in [1.807, 2.05) is 12.1 Å². The van der Waals surface area contributed by atoms with Gasteiger partial charge in [-0.05, 0) is 36.2 Å². The Hall–Kier alpha value is -3.09. The first kappa shape index (κ1) is 13.6. The molecule has 0 saturated carbocycles. The van der Waals surface area contributed by atoms with Gasteiger partial charge < -0.3 is 14.9 Å². The Morgan fingerprint density at radius 2 is 1.87 bits per heavy atom. The average molecular weight is 311 g/mol. The fourth-order valence-electron chi connectivity index (χ4n) is 2.76. The minimum atomic E-state index is -0.414. The summed E-state index contributed by atoms with van der Waals surface area (Å²) in [7, 11) is 0. The van der Waals surface area contributed by atoms with Crippen molar-refractivity contribution in [2.24, 2.45) is 5.10 Å².